The predicted octanol–water partition coefficient (Wildman–Crippen LogP) is 4.59. The Labute approximate surface area is 123 Å². The minimum absolute atomic E-state index is 0.209. The minimum atomic E-state index is 0.209. The summed E-state index contributed by atoms with van der Waals surface area (Å²) < 4.78 is 0. The van der Waals surface area contributed by atoms with Crippen molar-refractivity contribution < 1.29 is 0 Å². The van der Waals surface area contributed by atoms with Crippen LogP contribution >= 0.6 is 23.2 Å². The standard InChI is InChI=1S/C16H15Cl2N/c1-19-16(12-7-4-8-14(17)15(12)18)13-9-10-5-2-3-6-11(10)13/h2-8,13,16,19H,9H2,1H3. The molecule has 19 heavy (non-hydrogen) atoms. The van der Waals surface area contributed by atoms with Crippen molar-refractivity contribution in [2.24, 2.45) is 0 Å². The Kier molecular flexibility index (Phi) is 3.53. The molecular formula is C16H15Cl2N. The lowest BCUT2D eigenvalue weighted by Crippen LogP contribution is -2.31. The van der Waals surface area contributed by atoms with Crippen LogP contribution in [-0.4, -0.2) is 7.05 Å². The largest absolute Gasteiger partial charge is 0.312 e. The number of likely N-dealkylation sites (N-methyl/N-ethyl adjacent to an activating group) is 1. The fourth-order valence-electron chi connectivity index (χ4n) is 2.93. The average Bonchev–Trinajstić information content (AvgIpc) is 2.40. The van der Waals surface area contributed by atoms with Crippen molar-refractivity contribution in [2.75, 3.05) is 7.05 Å². The molecule has 0 aromatic heterocycles. The zero-order chi connectivity index (χ0) is 13.4. The first-order valence-corrected chi connectivity index (χ1v) is 7.17. The van der Waals surface area contributed by atoms with E-state index in [0.29, 0.717) is 16.0 Å². The quantitative estimate of drug-likeness (QED) is 0.872. The molecule has 0 bridgehead atoms. The fraction of sp³-hybridized carbons (Fsp3) is 0.250. The fourth-order valence-corrected chi connectivity index (χ4v) is 3.35. The molecule has 3 heteroatoms. The zero-order valence-corrected chi connectivity index (χ0v) is 12.2. The van der Waals surface area contributed by atoms with Crippen LogP contribution in [-0.2, 0) is 6.42 Å². The number of nitrogens with one attached hydrogen (secondary N) is 1. The van der Waals surface area contributed by atoms with Crippen LogP contribution in [0.2, 0.25) is 10.0 Å². The van der Waals surface area contributed by atoms with E-state index in [4.69, 9.17) is 23.2 Å². The number of halogens is 2. The first-order valence-electron chi connectivity index (χ1n) is 6.41. The van der Waals surface area contributed by atoms with Crippen molar-refractivity contribution in [3.8, 4) is 0 Å². The molecule has 0 fully saturated rings. The van der Waals surface area contributed by atoms with Crippen LogP contribution in [0.3, 0.4) is 0 Å². The third-order valence-corrected chi connectivity index (χ3v) is 4.76. The van der Waals surface area contributed by atoms with Gasteiger partial charge in [0.05, 0.1) is 10.0 Å². The maximum atomic E-state index is 6.35. The van der Waals surface area contributed by atoms with Gasteiger partial charge < -0.3 is 5.32 Å². The average molecular weight is 292 g/mol. The minimum Gasteiger partial charge on any atom is -0.312 e. The molecule has 3 rings (SSSR count). The van der Waals surface area contributed by atoms with Gasteiger partial charge in [-0.1, -0.05) is 59.6 Å². The topological polar surface area (TPSA) is 12.0 Å². The zero-order valence-electron chi connectivity index (χ0n) is 10.7. The highest BCUT2D eigenvalue weighted by molar-refractivity contribution is 6.42. The van der Waals surface area contributed by atoms with Crippen molar-refractivity contribution in [3.05, 3.63) is 69.2 Å². The Morgan fingerprint density at radius 3 is 2.63 bits per heavy atom. The Hall–Kier alpha value is -1.02. The Morgan fingerprint density at radius 2 is 1.89 bits per heavy atom. The van der Waals surface area contributed by atoms with Gasteiger partial charge in [0.25, 0.3) is 0 Å². The van der Waals surface area contributed by atoms with E-state index >= 15 is 0 Å². The first-order chi connectivity index (χ1) is 9.22. The molecule has 0 heterocycles. The number of fused-ring (bicyclic) bond motifs is 1. The maximum absolute atomic E-state index is 6.35. The van der Waals surface area contributed by atoms with Crippen LogP contribution in [0.5, 0.6) is 0 Å². The maximum Gasteiger partial charge on any atom is 0.0640 e. The van der Waals surface area contributed by atoms with Crippen LogP contribution in [0.1, 0.15) is 28.7 Å². The van der Waals surface area contributed by atoms with Crippen molar-refractivity contribution in [1.29, 1.82) is 0 Å². The lowest BCUT2D eigenvalue weighted by molar-refractivity contribution is 0.439. The molecule has 2 unspecified atom stereocenters. The van der Waals surface area contributed by atoms with Crippen molar-refractivity contribution >= 4 is 23.2 Å². The summed E-state index contributed by atoms with van der Waals surface area (Å²) in [5.41, 5.74) is 3.93. The SMILES string of the molecule is CNC(c1cccc(Cl)c1Cl)C1Cc2ccccc21. The summed E-state index contributed by atoms with van der Waals surface area (Å²) in [6.07, 6.45) is 1.09. The second kappa shape index (κ2) is 5.16. The Bertz CT molecular complexity index is 609. The van der Waals surface area contributed by atoms with E-state index in [0.717, 1.165) is 12.0 Å². The molecule has 0 aliphatic heterocycles. The van der Waals surface area contributed by atoms with Gasteiger partial charge >= 0.3 is 0 Å². The molecule has 1 N–H and O–H groups in total. The summed E-state index contributed by atoms with van der Waals surface area (Å²) in [7, 11) is 1.98. The molecule has 0 saturated carbocycles. The van der Waals surface area contributed by atoms with Crippen LogP contribution in [0.4, 0.5) is 0 Å². The summed E-state index contributed by atoms with van der Waals surface area (Å²) >= 11 is 12.5. The highest BCUT2D eigenvalue weighted by Gasteiger charge is 2.33. The van der Waals surface area contributed by atoms with E-state index in [2.05, 4.69) is 35.6 Å². The predicted molar refractivity (Wildman–Crippen MR) is 81.1 cm³/mol. The van der Waals surface area contributed by atoms with Crippen molar-refractivity contribution in [1.82, 2.24) is 5.32 Å². The molecular weight excluding hydrogens is 277 g/mol. The lowest BCUT2D eigenvalue weighted by atomic mass is 9.72. The smallest absolute Gasteiger partial charge is 0.0640 e. The molecule has 1 nitrogen and oxygen atoms in total. The Morgan fingerprint density at radius 1 is 1.11 bits per heavy atom. The summed E-state index contributed by atoms with van der Waals surface area (Å²) in [5, 5.41) is 4.66. The molecule has 2 atom stereocenters. The van der Waals surface area contributed by atoms with E-state index in [-0.39, 0.29) is 6.04 Å². The lowest BCUT2D eigenvalue weighted by Gasteiger charge is -2.37. The van der Waals surface area contributed by atoms with Gasteiger partial charge in [0.1, 0.15) is 0 Å². The highest BCUT2D eigenvalue weighted by Crippen LogP contribution is 2.45. The van der Waals surface area contributed by atoms with Gasteiger partial charge in [-0.25, -0.2) is 0 Å². The molecule has 2 aromatic carbocycles. The van der Waals surface area contributed by atoms with Crippen LogP contribution in [0, 0.1) is 0 Å². The first kappa shape index (κ1) is 13.0. The van der Waals surface area contributed by atoms with E-state index in [1.807, 2.05) is 19.2 Å². The van der Waals surface area contributed by atoms with Gasteiger partial charge in [-0.3, -0.25) is 0 Å². The number of rotatable bonds is 3. The molecule has 1 aliphatic rings. The van der Waals surface area contributed by atoms with E-state index in [9.17, 15) is 0 Å². The van der Waals surface area contributed by atoms with Gasteiger partial charge in [-0.15, -0.1) is 0 Å². The summed E-state index contributed by atoms with van der Waals surface area (Å²) in [5.74, 6) is 0.470. The second-order valence-corrected chi connectivity index (χ2v) is 5.70. The van der Waals surface area contributed by atoms with E-state index < -0.39 is 0 Å². The van der Waals surface area contributed by atoms with Crippen LogP contribution in [0.25, 0.3) is 0 Å². The van der Waals surface area contributed by atoms with Gasteiger partial charge in [-0.2, -0.15) is 0 Å². The summed E-state index contributed by atoms with van der Waals surface area (Å²) in [6.45, 7) is 0. The summed E-state index contributed by atoms with van der Waals surface area (Å²) in [6, 6.07) is 14.6. The number of hydrogen-bond donors (Lipinski definition) is 1. The molecule has 2 aromatic rings. The number of hydrogen-bond acceptors (Lipinski definition) is 1. The van der Waals surface area contributed by atoms with Crippen molar-refractivity contribution in [3.63, 3.8) is 0 Å². The molecule has 98 valence electrons. The molecule has 1 aliphatic carbocycles. The molecule has 0 spiro atoms. The second-order valence-electron chi connectivity index (χ2n) is 4.92. The van der Waals surface area contributed by atoms with E-state index in [1.54, 1.807) is 0 Å². The number of benzene rings is 2. The van der Waals surface area contributed by atoms with Crippen molar-refractivity contribution in [2.45, 2.75) is 18.4 Å². The van der Waals surface area contributed by atoms with Crippen LogP contribution < -0.4 is 5.32 Å². The van der Waals surface area contributed by atoms with Gasteiger partial charge in [0.15, 0.2) is 0 Å². The van der Waals surface area contributed by atoms with E-state index in [1.165, 1.54) is 11.1 Å². The highest BCUT2D eigenvalue weighted by atomic mass is 35.5. The third-order valence-electron chi connectivity index (χ3n) is 3.92. The van der Waals surface area contributed by atoms with Gasteiger partial charge in [0, 0.05) is 12.0 Å². The van der Waals surface area contributed by atoms with Gasteiger partial charge in [0.2, 0.25) is 0 Å². The third kappa shape index (κ3) is 2.16. The molecule has 0 saturated heterocycles. The monoisotopic (exact) mass is 291 g/mol. The molecule has 0 radical (unpaired) electrons. The Balaban J connectivity index is 1.97. The summed E-state index contributed by atoms with van der Waals surface area (Å²) in [4.78, 5) is 0. The van der Waals surface area contributed by atoms with Gasteiger partial charge in [-0.05, 0) is 36.2 Å². The normalized spacial score (nSPS) is 18.6. The van der Waals surface area contributed by atoms with Crippen LogP contribution in [0.15, 0.2) is 42.5 Å². The molecule has 0 amide bonds.